The number of hydrogen-bond donors (Lipinski definition) is 1. The molecular weight excluding hydrogens is 278 g/mol. The summed E-state index contributed by atoms with van der Waals surface area (Å²) in [5.41, 5.74) is 7.80. The van der Waals surface area contributed by atoms with Crippen molar-refractivity contribution in [2.75, 3.05) is 13.6 Å². The monoisotopic (exact) mass is 299 g/mol. The summed E-state index contributed by atoms with van der Waals surface area (Å²) in [6.07, 6.45) is 2.50. The van der Waals surface area contributed by atoms with Gasteiger partial charge >= 0.3 is 0 Å². The molecule has 1 aromatic carbocycles. The van der Waals surface area contributed by atoms with Gasteiger partial charge in [0.05, 0.1) is 4.92 Å². The third-order valence-corrected chi connectivity index (χ3v) is 4.01. The van der Waals surface area contributed by atoms with E-state index in [1.807, 2.05) is 20.0 Å². The van der Waals surface area contributed by atoms with Gasteiger partial charge in [-0.05, 0) is 38.3 Å². The summed E-state index contributed by atoms with van der Waals surface area (Å²) in [5, 5.41) is 10.9. The van der Waals surface area contributed by atoms with Gasteiger partial charge < -0.3 is 5.73 Å². The number of benzene rings is 1. The molecule has 0 aliphatic heterocycles. The van der Waals surface area contributed by atoms with Crippen LogP contribution in [0, 0.1) is 23.0 Å². The Kier molecular flexibility index (Phi) is 5.92. The number of likely N-dealkylation sites (N-methyl/N-ethyl adjacent to an activating group) is 1. The van der Waals surface area contributed by atoms with Crippen molar-refractivity contribution in [2.24, 2.45) is 11.7 Å². The first-order chi connectivity index (χ1) is 9.04. The van der Waals surface area contributed by atoms with E-state index in [1.165, 1.54) is 12.8 Å². The van der Waals surface area contributed by atoms with E-state index in [4.69, 9.17) is 5.73 Å². The zero-order valence-electron chi connectivity index (χ0n) is 11.9. The quantitative estimate of drug-likeness (QED) is 0.647. The topological polar surface area (TPSA) is 72.4 Å². The Balaban J connectivity index is 0.00000200. The van der Waals surface area contributed by atoms with Crippen LogP contribution in [0.25, 0.3) is 0 Å². The van der Waals surface area contributed by atoms with Gasteiger partial charge in [-0.15, -0.1) is 12.4 Å². The zero-order valence-corrected chi connectivity index (χ0v) is 12.7. The molecule has 0 aromatic heterocycles. The molecule has 0 radical (unpaired) electrons. The maximum Gasteiger partial charge on any atom is 0.272 e. The van der Waals surface area contributed by atoms with E-state index >= 15 is 0 Å². The molecule has 2 N–H and O–H groups in total. The van der Waals surface area contributed by atoms with Crippen LogP contribution in [0.3, 0.4) is 0 Å². The Labute approximate surface area is 125 Å². The third kappa shape index (κ3) is 3.69. The highest BCUT2D eigenvalue weighted by Gasteiger charge is 2.33. The van der Waals surface area contributed by atoms with Gasteiger partial charge in [-0.2, -0.15) is 0 Å². The summed E-state index contributed by atoms with van der Waals surface area (Å²) in [7, 11) is 2.05. The van der Waals surface area contributed by atoms with E-state index in [9.17, 15) is 10.1 Å². The number of rotatable bonds is 6. The van der Waals surface area contributed by atoms with Gasteiger partial charge in [-0.1, -0.05) is 12.1 Å². The van der Waals surface area contributed by atoms with Gasteiger partial charge in [0.15, 0.2) is 0 Å². The number of nitrogens with zero attached hydrogens (tertiary/aromatic N) is 2. The van der Waals surface area contributed by atoms with Gasteiger partial charge in [0.2, 0.25) is 0 Å². The van der Waals surface area contributed by atoms with E-state index in [-0.39, 0.29) is 23.0 Å². The predicted octanol–water partition coefficient (Wildman–Crippen LogP) is 2.49. The van der Waals surface area contributed by atoms with E-state index in [0.717, 1.165) is 11.1 Å². The second-order valence-corrected chi connectivity index (χ2v) is 5.37. The van der Waals surface area contributed by atoms with Gasteiger partial charge in [0.1, 0.15) is 0 Å². The van der Waals surface area contributed by atoms with Crippen molar-refractivity contribution in [3.05, 3.63) is 39.4 Å². The van der Waals surface area contributed by atoms with Gasteiger partial charge in [-0.25, -0.2) is 0 Å². The maximum atomic E-state index is 10.9. The predicted molar refractivity (Wildman–Crippen MR) is 82.1 cm³/mol. The molecule has 1 fully saturated rings. The van der Waals surface area contributed by atoms with Crippen molar-refractivity contribution in [1.29, 1.82) is 0 Å². The molecule has 0 heterocycles. The summed E-state index contributed by atoms with van der Waals surface area (Å²) in [6, 6.07) is 5.65. The summed E-state index contributed by atoms with van der Waals surface area (Å²) in [5.74, 6) is 0.703. The normalized spacial score (nSPS) is 15.8. The molecule has 1 unspecified atom stereocenters. The number of hydrogen-bond acceptors (Lipinski definition) is 4. The lowest BCUT2D eigenvalue weighted by Crippen LogP contribution is -2.39. The van der Waals surface area contributed by atoms with Crippen LogP contribution in [0.4, 0.5) is 5.69 Å². The molecule has 1 aliphatic carbocycles. The molecule has 1 saturated carbocycles. The fourth-order valence-electron chi connectivity index (χ4n) is 2.64. The summed E-state index contributed by atoms with van der Waals surface area (Å²) in [4.78, 5) is 12.8. The average molecular weight is 300 g/mol. The van der Waals surface area contributed by atoms with Crippen molar-refractivity contribution >= 4 is 18.1 Å². The van der Waals surface area contributed by atoms with Gasteiger partial charge in [0, 0.05) is 30.8 Å². The Morgan fingerprint density at radius 3 is 2.65 bits per heavy atom. The lowest BCUT2D eigenvalue weighted by Gasteiger charge is -2.27. The molecular formula is C14H22ClN3O2. The minimum absolute atomic E-state index is 0. The lowest BCUT2D eigenvalue weighted by atomic mass is 10.0. The molecule has 0 saturated heterocycles. The van der Waals surface area contributed by atoms with E-state index < -0.39 is 0 Å². The first-order valence-electron chi connectivity index (χ1n) is 6.67. The van der Waals surface area contributed by atoms with Crippen LogP contribution in [0.1, 0.15) is 24.0 Å². The Morgan fingerprint density at radius 1 is 1.50 bits per heavy atom. The maximum absolute atomic E-state index is 10.9. The van der Waals surface area contributed by atoms with Crippen LogP contribution in [-0.2, 0) is 6.54 Å². The van der Waals surface area contributed by atoms with Crippen molar-refractivity contribution in [3.63, 3.8) is 0 Å². The highest BCUT2D eigenvalue weighted by Crippen LogP contribution is 2.35. The highest BCUT2D eigenvalue weighted by atomic mass is 35.5. The molecule has 0 bridgehead atoms. The molecule has 1 aromatic rings. The van der Waals surface area contributed by atoms with E-state index in [2.05, 4.69) is 4.90 Å². The minimum atomic E-state index is -0.319. The minimum Gasteiger partial charge on any atom is -0.329 e. The summed E-state index contributed by atoms with van der Waals surface area (Å²) < 4.78 is 0. The number of nitro groups is 1. The summed E-state index contributed by atoms with van der Waals surface area (Å²) >= 11 is 0. The summed E-state index contributed by atoms with van der Waals surface area (Å²) in [6.45, 7) is 3.18. The first-order valence-corrected chi connectivity index (χ1v) is 6.67. The van der Waals surface area contributed by atoms with Crippen molar-refractivity contribution in [3.8, 4) is 0 Å². The molecule has 0 spiro atoms. The van der Waals surface area contributed by atoms with Gasteiger partial charge in [-0.3, -0.25) is 15.0 Å². The second-order valence-electron chi connectivity index (χ2n) is 5.37. The average Bonchev–Trinajstić information content (AvgIpc) is 3.17. The molecule has 20 heavy (non-hydrogen) atoms. The Hall–Kier alpha value is -1.17. The van der Waals surface area contributed by atoms with E-state index in [0.29, 0.717) is 25.0 Å². The number of nitrogens with two attached hydrogens (primary N) is 1. The van der Waals surface area contributed by atoms with Crippen LogP contribution in [-0.4, -0.2) is 29.5 Å². The molecule has 1 atom stereocenters. The molecule has 5 nitrogen and oxygen atoms in total. The lowest BCUT2D eigenvalue weighted by molar-refractivity contribution is -0.385. The SMILES string of the molecule is Cc1c(CN(C)C(CN)C2CC2)cccc1[N+](=O)[O-].Cl. The van der Waals surface area contributed by atoms with Gasteiger partial charge in [0.25, 0.3) is 5.69 Å². The Morgan fingerprint density at radius 2 is 2.15 bits per heavy atom. The van der Waals surface area contributed by atoms with Crippen molar-refractivity contribution < 1.29 is 4.92 Å². The second kappa shape index (κ2) is 7.02. The van der Waals surface area contributed by atoms with Crippen molar-refractivity contribution in [1.82, 2.24) is 4.90 Å². The molecule has 1 aliphatic rings. The largest absolute Gasteiger partial charge is 0.329 e. The highest BCUT2D eigenvalue weighted by molar-refractivity contribution is 5.85. The molecule has 2 rings (SSSR count). The standard InChI is InChI=1S/C14H21N3O2.ClH/c1-10-12(4-3-5-13(10)17(18)19)9-16(2)14(8-15)11-6-7-11;/h3-5,11,14H,6-9,15H2,1-2H3;1H. The number of nitro benzene ring substituents is 1. The van der Waals surface area contributed by atoms with Crippen LogP contribution < -0.4 is 5.73 Å². The number of halogens is 1. The van der Waals surface area contributed by atoms with Crippen LogP contribution in [0.5, 0.6) is 0 Å². The smallest absolute Gasteiger partial charge is 0.272 e. The Bertz CT molecular complexity index is 477. The zero-order chi connectivity index (χ0) is 14.0. The molecule has 6 heteroatoms. The van der Waals surface area contributed by atoms with Crippen molar-refractivity contribution in [2.45, 2.75) is 32.4 Å². The fraction of sp³-hybridized carbons (Fsp3) is 0.571. The molecule has 112 valence electrons. The van der Waals surface area contributed by atoms with Crippen LogP contribution in [0.2, 0.25) is 0 Å². The first kappa shape index (κ1) is 16.9. The van der Waals surface area contributed by atoms with E-state index in [1.54, 1.807) is 12.1 Å². The molecule has 0 amide bonds. The van der Waals surface area contributed by atoms with Crippen LogP contribution in [0.15, 0.2) is 18.2 Å². The van der Waals surface area contributed by atoms with Crippen LogP contribution >= 0.6 is 12.4 Å². The third-order valence-electron chi connectivity index (χ3n) is 4.01. The fourth-order valence-corrected chi connectivity index (χ4v) is 2.64.